The van der Waals surface area contributed by atoms with E-state index in [1.807, 2.05) is 91.0 Å². The molecule has 1 aliphatic heterocycles. The molecule has 6 nitrogen and oxygen atoms in total. The zero-order chi connectivity index (χ0) is 28.8. The number of hydrogen-bond donors (Lipinski definition) is 1. The largest absolute Gasteiger partial charge is 0.478 e. The number of pyridine rings is 1. The number of benzene rings is 3. The van der Waals surface area contributed by atoms with Gasteiger partial charge >= 0.3 is 5.97 Å². The maximum absolute atomic E-state index is 14.0. The Morgan fingerprint density at radius 2 is 1.68 bits per heavy atom. The summed E-state index contributed by atoms with van der Waals surface area (Å²) >= 11 is 0. The Bertz CT molecular complexity index is 1620. The second-order valence-corrected chi connectivity index (χ2v) is 9.55. The van der Waals surface area contributed by atoms with Gasteiger partial charge in [-0.05, 0) is 29.2 Å². The summed E-state index contributed by atoms with van der Waals surface area (Å²) in [5, 5.41) is 10.7. The van der Waals surface area contributed by atoms with E-state index in [1.54, 1.807) is 23.2 Å². The van der Waals surface area contributed by atoms with Gasteiger partial charge < -0.3 is 14.7 Å². The van der Waals surface area contributed by atoms with Crippen LogP contribution in [0.3, 0.4) is 0 Å². The molecule has 0 saturated heterocycles. The molecule has 0 unspecified atom stereocenters. The molecule has 1 amide bonds. The summed E-state index contributed by atoms with van der Waals surface area (Å²) in [6, 6.07) is 23.0. The third-order valence-corrected chi connectivity index (χ3v) is 7.05. The number of alkyl halides is 1. The van der Waals surface area contributed by atoms with Gasteiger partial charge in [0, 0.05) is 30.2 Å². The average Bonchev–Trinajstić information content (AvgIpc) is 3.15. The van der Waals surface area contributed by atoms with Crippen molar-refractivity contribution >= 4 is 22.8 Å². The molecule has 2 heterocycles. The fourth-order valence-electron chi connectivity index (χ4n) is 5.27. The number of allylic oxidation sites excluding steroid dienone is 4. The van der Waals surface area contributed by atoms with Crippen LogP contribution in [0.4, 0.5) is 4.39 Å². The minimum Gasteiger partial charge on any atom is -0.478 e. The van der Waals surface area contributed by atoms with Gasteiger partial charge in [0.05, 0.1) is 18.3 Å². The molecule has 0 saturated carbocycles. The normalized spacial score (nSPS) is 13.9. The molecule has 0 bridgehead atoms. The maximum atomic E-state index is 14.0. The highest BCUT2D eigenvalue weighted by Gasteiger charge is 2.38. The predicted octanol–water partition coefficient (Wildman–Crippen LogP) is 7.09. The third kappa shape index (κ3) is 5.52. The van der Waals surface area contributed by atoms with E-state index < -0.39 is 12.1 Å². The standard InChI is InChI=1S/C33H26N2O4.CH3F/c36-32-28-26(21-35(32)20-22-12-5-1-2-6-13-22)27(33(37)38)25-18-11-19-34-29(25)31(28)39-30(23-14-7-3-8-15-23)24-16-9-4-10-17-24;1-2/h1,3-19,30H,2,20-21H2,(H,37,38);1H3. The molecule has 1 N–H and O–H groups in total. The van der Waals surface area contributed by atoms with Crippen LogP contribution in [-0.2, 0) is 6.54 Å². The van der Waals surface area contributed by atoms with Crippen LogP contribution < -0.4 is 4.74 Å². The van der Waals surface area contributed by atoms with Crippen molar-refractivity contribution in [3.8, 4) is 5.75 Å². The van der Waals surface area contributed by atoms with Crippen LogP contribution in [0, 0.1) is 0 Å². The fraction of sp³-hybridized carbons (Fsp3) is 0.147. The van der Waals surface area contributed by atoms with Gasteiger partial charge in [-0.25, -0.2) is 4.79 Å². The van der Waals surface area contributed by atoms with Crippen molar-refractivity contribution in [3.63, 3.8) is 0 Å². The summed E-state index contributed by atoms with van der Waals surface area (Å²) in [5.41, 5.74) is 3.97. The summed E-state index contributed by atoms with van der Waals surface area (Å²) < 4.78 is 16.3. The van der Waals surface area contributed by atoms with Gasteiger partial charge in [-0.2, -0.15) is 0 Å². The van der Waals surface area contributed by atoms with E-state index in [0.717, 1.165) is 23.1 Å². The Kier molecular flexibility index (Phi) is 8.34. The number of fused-ring (bicyclic) bond motifs is 2. The summed E-state index contributed by atoms with van der Waals surface area (Å²) in [7, 11) is 0.500. The summed E-state index contributed by atoms with van der Waals surface area (Å²) in [4.78, 5) is 32.8. The number of carbonyl (C=O) groups is 2. The number of halogens is 1. The Morgan fingerprint density at radius 3 is 2.34 bits per heavy atom. The van der Waals surface area contributed by atoms with Gasteiger partial charge in [-0.15, -0.1) is 0 Å². The molecule has 41 heavy (non-hydrogen) atoms. The van der Waals surface area contributed by atoms with Crippen molar-refractivity contribution in [1.29, 1.82) is 0 Å². The van der Waals surface area contributed by atoms with Gasteiger partial charge in [0.2, 0.25) is 0 Å². The predicted molar refractivity (Wildman–Crippen MR) is 157 cm³/mol. The Hall–Kier alpha value is -5.04. The number of aromatic nitrogens is 1. The highest BCUT2D eigenvalue weighted by molar-refractivity contribution is 6.14. The second-order valence-electron chi connectivity index (χ2n) is 9.55. The lowest BCUT2D eigenvalue weighted by atomic mass is 9.96. The number of aromatic carboxylic acids is 1. The number of amides is 1. The van der Waals surface area contributed by atoms with E-state index in [1.165, 1.54) is 0 Å². The van der Waals surface area contributed by atoms with Crippen LogP contribution in [0.2, 0.25) is 0 Å². The van der Waals surface area contributed by atoms with Crippen LogP contribution in [0.15, 0.2) is 115 Å². The first-order valence-corrected chi connectivity index (χ1v) is 13.2. The van der Waals surface area contributed by atoms with Crippen LogP contribution in [0.5, 0.6) is 5.75 Å². The third-order valence-electron chi connectivity index (χ3n) is 7.05. The summed E-state index contributed by atoms with van der Waals surface area (Å²) in [6.45, 7) is 0.532. The molecule has 1 aromatic heterocycles. The molecular formula is C34H29FN2O4. The second kappa shape index (κ2) is 12.4. The molecule has 0 radical (unpaired) electrons. The van der Waals surface area contributed by atoms with Crippen LogP contribution >= 0.6 is 0 Å². The monoisotopic (exact) mass is 548 g/mol. The average molecular weight is 549 g/mol. The van der Waals surface area contributed by atoms with Gasteiger partial charge in [0.1, 0.15) is 11.6 Å². The number of ether oxygens (including phenoxy) is 1. The van der Waals surface area contributed by atoms with E-state index in [-0.39, 0.29) is 23.6 Å². The zero-order valence-electron chi connectivity index (χ0n) is 22.5. The molecule has 0 spiro atoms. The number of rotatable bonds is 7. The Labute approximate surface area is 237 Å². The number of carboxylic acid groups (broad SMARTS) is 1. The maximum Gasteiger partial charge on any atom is 0.336 e. The SMILES string of the molecule is CF.O=C(O)c1c2c(c(OC(c3ccccc3)c3ccccc3)c3ncccc13)C(=O)N(CC1=CC=CCC=C1)C2. The molecule has 1 aliphatic carbocycles. The Balaban J connectivity index is 0.00000165. The van der Waals surface area contributed by atoms with Crippen molar-refractivity contribution in [3.05, 3.63) is 143 Å². The number of hydrogen-bond acceptors (Lipinski definition) is 4. The van der Waals surface area contributed by atoms with E-state index in [9.17, 15) is 19.1 Å². The molecular weight excluding hydrogens is 519 g/mol. The topological polar surface area (TPSA) is 79.7 Å². The molecule has 3 aromatic carbocycles. The van der Waals surface area contributed by atoms with E-state index in [4.69, 9.17) is 4.74 Å². The summed E-state index contributed by atoms with van der Waals surface area (Å²) in [6.07, 6.45) is 11.9. The van der Waals surface area contributed by atoms with Crippen molar-refractivity contribution in [2.24, 2.45) is 0 Å². The highest BCUT2D eigenvalue weighted by Crippen LogP contribution is 2.43. The molecule has 0 fully saturated rings. The number of nitrogens with zero attached hydrogens (tertiary/aromatic N) is 2. The van der Waals surface area contributed by atoms with Crippen molar-refractivity contribution < 1.29 is 23.8 Å². The van der Waals surface area contributed by atoms with E-state index >= 15 is 0 Å². The van der Waals surface area contributed by atoms with E-state index in [2.05, 4.69) is 4.98 Å². The molecule has 6 rings (SSSR count). The summed E-state index contributed by atoms with van der Waals surface area (Å²) in [5.74, 6) is -1.05. The van der Waals surface area contributed by atoms with Crippen LogP contribution in [-0.4, -0.2) is 40.6 Å². The number of carboxylic acids is 1. The first kappa shape index (κ1) is 27.5. The van der Waals surface area contributed by atoms with Gasteiger partial charge in [-0.1, -0.05) is 97.1 Å². The van der Waals surface area contributed by atoms with Crippen LogP contribution in [0.1, 0.15) is 49.9 Å². The van der Waals surface area contributed by atoms with E-state index in [0.29, 0.717) is 35.9 Å². The quantitative estimate of drug-likeness (QED) is 0.267. The minimum absolute atomic E-state index is 0.0950. The Morgan fingerprint density at radius 1 is 1.00 bits per heavy atom. The van der Waals surface area contributed by atoms with Crippen molar-refractivity contribution in [2.75, 3.05) is 13.7 Å². The van der Waals surface area contributed by atoms with Crippen molar-refractivity contribution in [2.45, 2.75) is 19.1 Å². The van der Waals surface area contributed by atoms with Crippen molar-refractivity contribution in [1.82, 2.24) is 9.88 Å². The van der Waals surface area contributed by atoms with Crippen LogP contribution in [0.25, 0.3) is 10.9 Å². The first-order chi connectivity index (χ1) is 20.1. The minimum atomic E-state index is -1.09. The van der Waals surface area contributed by atoms with Gasteiger partial charge in [0.25, 0.3) is 5.91 Å². The molecule has 206 valence electrons. The lowest BCUT2D eigenvalue weighted by Crippen LogP contribution is -2.26. The number of carbonyl (C=O) groups excluding carboxylic acids is 1. The first-order valence-electron chi connectivity index (χ1n) is 13.2. The van der Waals surface area contributed by atoms with Gasteiger partial charge in [-0.3, -0.25) is 14.2 Å². The lowest BCUT2D eigenvalue weighted by Gasteiger charge is -2.23. The highest BCUT2D eigenvalue weighted by atomic mass is 19.1. The lowest BCUT2D eigenvalue weighted by molar-refractivity contribution is 0.0695. The zero-order valence-corrected chi connectivity index (χ0v) is 22.5. The molecule has 0 atom stereocenters. The smallest absolute Gasteiger partial charge is 0.336 e. The fourth-order valence-corrected chi connectivity index (χ4v) is 5.27. The van der Waals surface area contributed by atoms with Gasteiger partial charge in [0.15, 0.2) is 5.75 Å². The molecule has 4 aromatic rings. The molecule has 7 heteroatoms. The molecule has 2 aliphatic rings.